The van der Waals surface area contributed by atoms with Gasteiger partial charge in [-0.05, 0) is 49.2 Å². The Hall–Kier alpha value is -3.74. The molecule has 3 aromatic rings. The molecule has 0 saturated carbocycles. The zero-order valence-corrected chi connectivity index (χ0v) is 16.3. The molecule has 1 N–H and O–H groups in total. The van der Waals surface area contributed by atoms with Crippen LogP contribution in [0.15, 0.2) is 60.9 Å². The molecular formula is C22H22N4O3. The Morgan fingerprint density at radius 3 is 2.59 bits per heavy atom. The third kappa shape index (κ3) is 4.95. The number of rotatable bonds is 7. The minimum absolute atomic E-state index is 0.237. The number of anilines is 1. The van der Waals surface area contributed by atoms with Gasteiger partial charge in [0.05, 0.1) is 24.1 Å². The minimum Gasteiger partial charge on any atom is -0.463 e. The highest BCUT2D eigenvalue weighted by Crippen LogP contribution is 2.17. The highest BCUT2D eigenvalue weighted by atomic mass is 16.5. The van der Waals surface area contributed by atoms with Gasteiger partial charge in [0.1, 0.15) is 0 Å². The number of nitrogens with zero attached hydrogens (tertiary/aromatic N) is 3. The second-order valence-electron chi connectivity index (χ2n) is 6.12. The van der Waals surface area contributed by atoms with Crippen molar-refractivity contribution in [2.24, 2.45) is 0 Å². The molecular weight excluding hydrogens is 368 g/mol. The van der Waals surface area contributed by atoms with Crippen molar-refractivity contribution in [2.45, 2.75) is 20.3 Å². The first-order valence-corrected chi connectivity index (χ1v) is 9.37. The Labute approximate surface area is 169 Å². The second-order valence-corrected chi connectivity index (χ2v) is 6.12. The van der Waals surface area contributed by atoms with Crippen LogP contribution in [0, 0.1) is 0 Å². The van der Waals surface area contributed by atoms with E-state index in [0.29, 0.717) is 30.1 Å². The van der Waals surface area contributed by atoms with Crippen LogP contribution in [0.25, 0.3) is 11.9 Å². The molecule has 0 bridgehead atoms. The van der Waals surface area contributed by atoms with E-state index in [1.54, 1.807) is 42.2 Å². The van der Waals surface area contributed by atoms with E-state index in [4.69, 9.17) is 4.74 Å². The standard InChI is InChI=1S/C22H22N4O3/c1-3-19-18(15-24-26(19)20-7-5-6-14-23-20)22(28)25-17-11-8-16(9-12-17)10-13-21(27)29-4-2/h5-15H,3-4H2,1-2H3,(H,25,28)/b13-10+. The SMILES string of the molecule is CCOC(=O)/C=C/c1ccc(NC(=O)c2cnn(-c3ccccn3)c2CC)cc1. The molecule has 1 aromatic carbocycles. The molecule has 148 valence electrons. The molecule has 1 amide bonds. The van der Waals surface area contributed by atoms with Crippen molar-refractivity contribution < 1.29 is 14.3 Å². The van der Waals surface area contributed by atoms with Crippen molar-refractivity contribution in [1.29, 1.82) is 0 Å². The molecule has 0 spiro atoms. The monoisotopic (exact) mass is 390 g/mol. The van der Waals surface area contributed by atoms with Crippen molar-refractivity contribution in [3.63, 3.8) is 0 Å². The van der Waals surface area contributed by atoms with Gasteiger partial charge in [-0.1, -0.05) is 25.1 Å². The zero-order chi connectivity index (χ0) is 20.6. The molecule has 2 heterocycles. The van der Waals surface area contributed by atoms with Crippen LogP contribution >= 0.6 is 0 Å². The van der Waals surface area contributed by atoms with Gasteiger partial charge in [-0.25, -0.2) is 14.5 Å². The van der Waals surface area contributed by atoms with Crippen LogP contribution in [-0.4, -0.2) is 33.2 Å². The fourth-order valence-electron chi connectivity index (χ4n) is 2.81. The molecule has 0 atom stereocenters. The molecule has 2 aromatic heterocycles. The summed E-state index contributed by atoms with van der Waals surface area (Å²) in [6, 6.07) is 12.7. The highest BCUT2D eigenvalue weighted by molar-refractivity contribution is 6.05. The smallest absolute Gasteiger partial charge is 0.330 e. The van der Waals surface area contributed by atoms with E-state index < -0.39 is 0 Å². The lowest BCUT2D eigenvalue weighted by Crippen LogP contribution is -2.14. The largest absolute Gasteiger partial charge is 0.463 e. The molecule has 0 aliphatic heterocycles. The molecule has 0 fully saturated rings. The Morgan fingerprint density at radius 2 is 1.93 bits per heavy atom. The number of pyridine rings is 1. The Balaban J connectivity index is 1.72. The average Bonchev–Trinajstić information content (AvgIpc) is 3.18. The normalized spacial score (nSPS) is 10.8. The molecule has 3 rings (SSSR count). The summed E-state index contributed by atoms with van der Waals surface area (Å²) in [5.74, 6) is 0.0434. The van der Waals surface area contributed by atoms with Crippen molar-refractivity contribution in [1.82, 2.24) is 14.8 Å². The maximum Gasteiger partial charge on any atom is 0.330 e. The molecule has 7 heteroatoms. The maximum absolute atomic E-state index is 12.8. The number of hydrogen-bond acceptors (Lipinski definition) is 5. The van der Waals surface area contributed by atoms with Gasteiger partial charge < -0.3 is 10.1 Å². The lowest BCUT2D eigenvalue weighted by atomic mass is 10.1. The number of esters is 1. The Bertz CT molecular complexity index is 1010. The quantitative estimate of drug-likeness (QED) is 0.491. The predicted molar refractivity (Wildman–Crippen MR) is 111 cm³/mol. The van der Waals surface area contributed by atoms with Gasteiger partial charge in [0, 0.05) is 18.0 Å². The summed E-state index contributed by atoms with van der Waals surface area (Å²) >= 11 is 0. The number of nitrogens with one attached hydrogen (secondary N) is 1. The number of hydrogen-bond donors (Lipinski definition) is 1. The van der Waals surface area contributed by atoms with Crippen LogP contribution < -0.4 is 5.32 Å². The Morgan fingerprint density at radius 1 is 1.14 bits per heavy atom. The van der Waals surface area contributed by atoms with Crippen LogP contribution in [0.4, 0.5) is 5.69 Å². The number of amides is 1. The maximum atomic E-state index is 12.8. The van der Waals surface area contributed by atoms with Gasteiger partial charge in [0.15, 0.2) is 5.82 Å². The van der Waals surface area contributed by atoms with Gasteiger partial charge in [0.2, 0.25) is 0 Å². The third-order valence-corrected chi connectivity index (χ3v) is 4.18. The fourth-order valence-corrected chi connectivity index (χ4v) is 2.81. The number of aromatic nitrogens is 3. The molecule has 0 unspecified atom stereocenters. The summed E-state index contributed by atoms with van der Waals surface area (Å²) in [5, 5.41) is 7.21. The first kappa shape index (κ1) is 20.0. The topological polar surface area (TPSA) is 86.1 Å². The number of carbonyl (C=O) groups is 2. The van der Waals surface area contributed by atoms with Gasteiger partial charge >= 0.3 is 5.97 Å². The lowest BCUT2D eigenvalue weighted by Gasteiger charge is -2.08. The molecule has 0 aliphatic rings. The van der Waals surface area contributed by atoms with E-state index in [2.05, 4.69) is 15.4 Å². The van der Waals surface area contributed by atoms with Gasteiger partial charge in [0.25, 0.3) is 5.91 Å². The first-order chi connectivity index (χ1) is 14.1. The van der Waals surface area contributed by atoms with E-state index in [9.17, 15) is 9.59 Å². The number of carbonyl (C=O) groups excluding carboxylic acids is 2. The minimum atomic E-state index is -0.387. The summed E-state index contributed by atoms with van der Waals surface area (Å²) in [6.07, 6.45) is 6.91. The molecule has 7 nitrogen and oxygen atoms in total. The zero-order valence-electron chi connectivity index (χ0n) is 16.3. The summed E-state index contributed by atoms with van der Waals surface area (Å²) in [7, 11) is 0. The number of ether oxygens (including phenoxy) is 1. The van der Waals surface area contributed by atoms with E-state index in [0.717, 1.165) is 11.3 Å². The van der Waals surface area contributed by atoms with Crippen LogP contribution in [0.3, 0.4) is 0 Å². The molecule has 29 heavy (non-hydrogen) atoms. The Kier molecular flexibility index (Phi) is 6.52. The van der Waals surface area contributed by atoms with E-state index in [-0.39, 0.29) is 11.9 Å². The van der Waals surface area contributed by atoms with Gasteiger partial charge in [-0.3, -0.25) is 4.79 Å². The fraction of sp³-hybridized carbons (Fsp3) is 0.182. The van der Waals surface area contributed by atoms with Crippen LogP contribution in [0.2, 0.25) is 0 Å². The molecule has 0 radical (unpaired) electrons. The van der Waals surface area contributed by atoms with Crippen molar-refractivity contribution in [2.75, 3.05) is 11.9 Å². The predicted octanol–water partition coefficient (Wildman–Crippen LogP) is 3.66. The van der Waals surface area contributed by atoms with Crippen LogP contribution in [-0.2, 0) is 16.0 Å². The number of benzene rings is 1. The second kappa shape index (κ2) is 9.45. The van der Waals surface area contributed by atoms with Crippen LogP contribution in [0.5, 0.6) is 0 Å². The average molecular weight is 390 g/mol. The highest BCUT2D eigenvalue weighted by Gasteiger charge is 2.17. The molecule has 0 saturated heterocycles. The van der Waals surface area contributed by atoms with Gasteiger partial charge in [-0.2, -0.15) is 5.10 Å². The van der Waals surface area contributed by atoms with E-state index in [1.807, 2.05) is 37.3 Å². The summed E-state index contributed by atoms with van der Waals surface area (Å²) in [5.41, 5.74) is 2.77. The van der Waals surface area contributed by atoms with Crippen molar-refractivity contribution in [3.05, 3.63) is 77.8 Å². The molecule has 0 aliphatic carbocycles. The summed E-state index contributed by atoms with van der Waals surface area (Å²) < 4.78 is 6.53. The lowest BCUT2D eigenvalue weighted by molar-refractivity contribution is -0.137. The van der Waals surface area contributed by atoms with Crippen molar-refractivity contribution >= 4 is 23.6 Å². The van der Waals surface area contributed by atoms with Crippen molar-refractivity contribution in [3.8, 4) is 5.82 Å². The van der Waals surface area contributed by atoms with E-state index >= 15 is 0 Å². The summed E-state index contributed by atoms with van der Waals surface area (Å²) in [6.45, 7) is 4.07. The van der Waals surface area contributed by atoms with Crippen LogP contribution in [0.1, 0.15) is 35.5 Å². The third-order valence-electron chi connectivity index (χ3n) is 4.18. The first-order valence-electron chi connectivity index (χ1n) is 9.37. The van der Waals surface area contributed by atoms with E-state index in [1.165, 1.54) is 6.08 Å². The van der Waals surface area contributed by atoms with Gasteiger partial charge in [-0.15, -0.1) is 0 Å². The summed E-state index contributed by atoms with van der Waals surface area (Å²) in [4.78, 5) is 28.4.